The molecular formula is C62H70F4N10O17. The van der Waals surface area contributed by atoms with Gasteiger partial charge in [-0.1, -0.05) is 37.3 Å². The number of esters is 2. The van der Waals surface area contributed by atoms with Crippen LogP contribution >= 0.6 is 0 Å². The van der Waals surface area contributed by atoms with Crippen molar-refractivity contribution >= 4 is 76.2 Å². The zero-order valence-electron chi connectivity index (χ0n) is 52.2. The van der Waals surface area contributed by atoms with Gasteiger partial charge in [-0.3, -0.25) is 57.7 Å². The summed E-state index contributed by atoms with van der Waals surface area (Å²) in [6.45, 7) is 6.28. The van der Waals surface area contributed by atoms with Crippen LogP contribution in [0.25, 0.3) is 22.3 Å². The number of ether oxygens (including phenoxy) is 4. The standard InChI is InChI=1S/C62H70F4N10O17/c1-10-61(89)36-21-41-51-34(26-75(41)55(85)35(36)29-90-57(61)87)50-40(17-16-33-31(2)37(63)22-38(72-51)49(33)50)73(9)56(86)52(62(64,65)66)91-30-70-44(78)24-68-53(83)39(20-32-14-12-11-13-15-32)71-45(79)25-67-43(77)23-69-54(84)42(76-46(80)18-19-47(76)81)27-74(58(88)93-60(6,7)8)28-48(82)92-59(3,4)5/h11-15,18-19,21-22,39-40,42,52,89H,10,16-17,20,23-30H2,1-9H3,(H,67,77)(H,68,83)(H,69,84)(H,70,78)(H,71,79)/t39-,40-,42-,52+,61-/m0/s1. The van der Waals surface area contributed by atoms with Crippen LogP contribution in [0.5, 0.6) is 0 Å². The molecule has 498 valence electrons. The molecule has 0 radical (unpaired) electrons. The van der Waals surface area contributed by atoms with Gasteiger partial charge >= 0.3 is 24.2 Å². The molecule has 8 rings (SSSR count). The quantitative estimate of drug-likeness (QED) is 0.0190. The van der Waals surface area contributed by atoms with E-state index in [1.54, 1.807) is 51.1 Å². The van der Waals surface area contributed by atoms with Crippen molar-refractivity contribution in [2.75, 3.05) is 46.5 Å². The summed E-state index contributed by atoms with van der Waals surface area (Å²) in [5.41, 5.74) is -2.82. The maximum atomic E-state index is 15.6. The van der Waals surface area contributed by atoms with Crippen molar-refractivity contribution in [3.8, 4) is 11.4 Å². The van der Waals surface area contributed by atoms with Gasteiger partial charge in [0.2, 0.25) is 35.6 Å². The average molecular weight is 1300 g/mol. The fourth-order valence-electron chi connectivity index (χ4n) is 11.2. The molecule has 0 fully saturated rings. The molecule has 0 saturated heterocycles. The van der Waals surface area contributed by atoms with Crippen molar-refractivity contribution in [1.29, 1.82) is 0 Å². The Hall–Kier alpha value is -9.65. The lowest BCUT2D eigenvalue weighted by molar-refractivity contribution is -0.225. The number of halogens is 4. The molecule has 4 aromatic rings. The van der Waals surface area contributed by atoms with Crippen LogP contribution in [-0.4, -0.2) is 177 Å². The number of amides is 9. The third-order valence-electron chi connectivity index (χ3n) is 15.7. The monoisotopic (exact) mass is 1300 g/mol. The smallest absolute Gasteiger partial charge is 0.423 e. The number of likely N-dealkylation sites (N-methyl/N-ethyl adjacent to an activating group) is 1. The molecule has 1 aliphatic carbocycles. The molecule has 0 unspecified atom stereocenters. The van der Waals surface area contributed by atoms with Crippen LogP contribution in [-0.2, 0) is 98.5 Å². The SMILES string of the molecule is CC[C@@]1(O)C(=O)OCc2c1cc1n(c2=O)Cc2c-1nc1cc(F)c(C)c3c1c2[C@@H](N(C)C(=O)[C@@H](OCNC(=O)CNC(=O)[C@H](Cc1ccccc1)NC(=O)CNC(=O)CNC(=O)[C@H](CN(CC(=O)OC(C)(C)C)C(=O)OC(C)(C)C)N1C(=O)C=CC1=O)C(F)(F)F)CC3. The van der Waals surface area contributed by atoms with Crippen LogP contribution in [0.4, 0.5) is 22.4 Å². The van der Waals surface area contributed by atoms with Crippen LogP contribution < -0.4 is 32.1 Å². The van der Waals surface area contributed by atoms with Crippen molar-refractivity contribution in [3.63, 3.8) is 0 Å². The summed E-state index contributed by atoms with van der Waals surface area (Å²) in [4.78, 5) is 167. The first kappa shape index (κ1) is 69.2. The number of cyclic esters (lactones) is 1. The van der Waals surface area contributed by atoms with Crippen LogP contribution in [0.2, 0.25) is 0 Å². The Morgan fingerprint density at radius 3 is 2.08 bits per heavy atom. The molecule has 6 N–H and O–H groups in total. The third kappa shape index (κ3) is 15.5. The number of pyridine rings is 2. The number of imide groups is 1. The van der Waals surface area contributed by atoms with E-state index in [9.17, 15) is 75.8 Å². The van der Waals surface area contributed by atoms with Gasteiger partial charge < -0.3 is 60.1 Å². The Balaban J connectivity index is 0.893. The Morgan fingerprint density at radius 2 is 1.45 bits per heavy atom. The van der Waals surface area contributed by atoms with E-state index in [2.05, 4.69) is 26.6 Å². The van der Waals surface area contributed by atoms with Gasteiger partial charge in [-0.05, 0) is 96.0 Å². The highest BCUT2D eigenvalue weighted by Crippen LogP contribution is 2.48. The summed E-state index contributed by atoms with van der Waals surface area (Å²) >= 11 is 0. The van der Waals surface area contributed by atoms with Crippen LogP contribution in [0.3, 0.4) is 0 Å². The number of nitrogens with zero attached hydrogens (tertiary/aromatic N) is 5. The minimum atomic E-state index is -5.38. The number of fused-ring (bicyclic) bond motifs is 5. The van der Waals surface area contributed by atoms with Crippen molar-refractivity contribution in [1.82, 2.24) is 50.8 Å². The highest BCUT2D eigenvalue weighted by Gasteiger charge is 2.50. The predicted octanol–water partition coefficient (Wildman–Crippen LogP) is 1.94. The summed E-state index contributed by atoms with van der Waals surface area (Å²) in [7, 11) is 1.11. The zero-order valence-corrected chi connectivity index (χ0v) is 52.2. The van der Waals surface area contributed by atoms with Crippen molar-refractivity contribution in [2.45, 2.75) is 141 Å². The number of alkyl halides is 3. The molecule has 0 bridgehead atoms. The molecule has 27 nitrogen and oxygen atoms in total. The highest BCUT2D eigenvalue weighted by molar-refractivity contribution is 6.15. The molecule has 31 heteroatoms. The Labute approximate surface area is 528 Å². The topological polar surface area (TPSA) is 350 Å². The minimum absolute atomic E-state index is 0.00269. The normalized spacial score (nSPS) is 17.4. The second kappa shape index (κ2) is 27.3. The molecule has 9 amide bonds. The Morgan fingerprint density at radius 1 is 0.828 bits per heavy atom. The number of hydrogen-bond acceptors (Lipinski definition) is 18. The average Bonchev–Trinajstić information content (AvgIpc) is 1.63. The van der Waals surface area contributed by atoms with E-state index in [4.69, 9.17) is 23.9 Å². The first-order chi connectivity index (χ1) is 43.5. The maximum absolute atomic E-state index is 15.6. The molecule has 2 aromatic heterocycles. The van der Waals surface area contributed by atoms with Gasteiger partial charge in [0.05, 0.1) is 61.2 Å². The van der Waals surface area contributed by atoms with E-state index in [0.29, 0.717) is 27.0 Å². The third-order valence-corrected chi connectivity index (χ3v) is 15.7. The maximum Gasteiger partial charge on any atom is 0.423 e. The lowest BCUT2D eigenvalue weighted by Crippen LogP contribution is -2.57. The summed E-state index contributed by atoms with van der Waals surface area (Å²) in [6.07, 6.45) is -8.24. The van der Waals surface area contributed by atoms with Crippen molar-refractivity contribution in [3.05, 3.63) is 110 Å². The number of aromatic nitrogens is 2. The summed E-state index contributed by atoms with van der Waals surface area (Å²) in [5.74, 6) is -11.3. The minimum Gasteiger partial charge on any atom is -0.459 e. The summed E-state index contributed by atoms with van der Waals surface area (Å²) in [6, 6.07) is 6.24. The number of carbonyl (C=O) groups excluding carboxylic acids is 11. The van der Waals surface area contributed by atoms with Gasteiger partial charge in [-0.25, -0.2) is 19.0 Å². The van der Waals surface area contributed by atoms with Crippen molar-refractivity contribution < 1.29 is 94.4 Å². The number of rotatable bonds is 22. The van der Waals surface area contributed by atoms with Gasteiger partial charge in [-0.2, -0.15) is 13.2 Å². The molecule has 0 saturated carbocycles. The molecule has 2 aromatic carbocycles. The lowest BCUT2D eigenvalue weighted by atomic mass is 9.81. The molecule has 0 spiro atoms. The van der Waals surface area contributed by atoms with Gasteiger partial charge in [0, 0.05) is 48.2 Å². The fraction of sp³-hybridized carbons (Fsp3) is 0.468. The first-order valence-electron chi connectivity index (χ1n) is 29.5. The van der Waals surface area contributed by atoms with E-state index >= 15 is 4.39 Å². The largest absolute Gasteiger partial charge is 0.459 e. The number of aliphatic hydroxyl groups is 1. The molecule has 93 heavy (non-hydrogen) atoms. The summed E-state index contributed by atoms with van der Waals surface area (Å²) in [5, 5.41) is 23.0. The number of aryl methyl sites for hydroxylation is 1. The second-order valence-electron chi connectivity index (χ2n) is 24.5. The van der Waals surface area contributed by atoms with Gasteiger partial charge in [0.1, 0.15) is 49.0 Å². The number of hydrogen-bond donors (Lipinski definition) is 6. The summed E-state index contributed by atoms with van der Waals surface area (Å²) < 4.78 is 82.7. The molecule has 5 heterocycles. The number of carbonyl (C=O) groups is 11. The van der Waals surface area contributed by atoms with Gasteiger partial charge in [0.15, 0.2) is 5.60 Å². The Kier molecular flexibility index (Phi) is 20.3. The van der Waals surface area contributed by atoms with E-state index in [0.717, 1.165) is 35.1 Å². The van der Waals surface area contributed by atoms with E-state index in [1.165, 1.54) is 45.3 Å². The molecular weight excluding hydrogens is 1230 g/mol. The Bertz CT molecular complexity index is 3810. The predicted molar refractivity (Wildman–Crippen MR) is 317 cm³/mol. The van der Waals surface area contributed by atoms with Gasteiger partial charge in [0.25, 0.3) is 23.3 Å². The van der Waals surface area contributed by atoms with Crippen LogP contribution in [0, 0.1) is 12.7 Å². The van der Waals surface area contributed by atoms with E-state index in [-0.39, 0.29) is 71.4 Å². The zero-order chi connectivity index (χ0) is 68.4. The van der Waals surface area contributed by atoms with Gasteiger partial charge in [-0.15, -0.1) is 0 Å². The number of nitrogens with one attached hydrogen (secondary N) is 5. The van der Waals surface area contributed by atoms with E-state index < -0.39 is 170 Å². The van der Waals surface area contributed by atoms with Crippen LogP contribution in [0.1, 0.15) is 106 Å². The number of benzene rings is 2. The van der Waals surface area contributed by atoms with E-state index in [1.807, 2.05) is 0 Å². The molecule has 3 aliphatic heterocycles. The fourth-order valence-corrected chi connectivity index (χ4v) is 11.2. The highest BCUT2D eigenvalue weighted by atomic mass is 19.4. The molecule has 4 aliphatic rings. The first-order valence-corrected chi connectivity index (χ1v) is 29.5. The molecule has 5 atom stereocenters. The lowest BCUT2D eigenvalue weighted by Gasteiger charge is -2.37. The van der Waals surface area contributed by atoms with Crippen molar-refractivity contribution in [2.24, 2.45) is 0 Å². The van der Waals surface area contributed by atoms with Crippen LogP contribution in [0.15, 0.2) is 59.4 Å². The second-order valence-corrected chi connectivity index (χ2v) is 24.5.